The van der Waals surface area contributed by atoms with Gasteiger partial charge in [0.2, 0.25) is 0 Å². The smallest absolute Gasteiger partial charge is 0.261 e. The molecule has 1 aromatic heterocycles. The molecule has 6 nitrogen and oxygen atoms in total. The Morgan fingerprint density at radius 2 is 1.83 bits per heavy atom. The largest absolute Gasteiger partial charge is 0.344 e. The van der Waals surface area contributed by atoms with E-state index in [0.29, 0.717) is 5.69 Å². The quantitative estimate of drug-likeness (QED) is 0.610. The fraction of sp³-hybridized carbons (Fsp3) is 0.100. The summed E-state index contributed by atoms with van der Waals surface area (Å²) in [5, 5.41) is 2.91. The average molecular weight is 434 g/mol. The summed E-state index contributed by atoms with van der Waals surface area (Å²) in [6, 6.07) is 13.6. The zero-order valence-electron chi connectivity index (χ0n) is 15.3. The van der Waals surface area contributed by atoms with E-state index in [1.54, 1.807) is 25.3 Å². The number of sulfonamides is 1. The number of nitrogens with one attached hydrogen (secondary N) is 2. The lowest BCUT2D eigenvalue weighted by atomic mass is 10.1. The third kappa shape index (κ3) is 5.10. The maximum absolute atomic E-state index is 13.0. The average Bonchev–Trinajstić information content (AvgIpc) is 2.70. The fourth-order valence-corrected chi connectivity index (χ4v) is 3.84. The number of benzene rings is 2. The van der Waals surface area contributed by atoms with E-state index in [2.05, 4.69) is 15.0 Å². The SMILES string of the molecule is C[C@@H](NC(=O)c1ccc(Cl)c(NS(=O)(=O)c2ccc(F)cc2)c1)c1ccccn1. The van der Waals surface area contributed by atoms with Crippen LogP contribution in [0.2, 0.25) is 5.02 Å². The van der Waals surface area contributed by atoms with Gasteiger partial charge in [-0.1, -0.05) is 17.7 Å². The van der Waals surface area contributed by atoms with E-state index in [4.69, 9.17) is 11.6 Å². The Labute approximate surface area is 172 Å². The predicted octanol–water partition coefficient (Wildman–Crippen LogP) is 4.17. The summed E-state index contributed by atoms with van der Waals surface area (Å²) in [5.74, 6) is -0.968. The second-order valence-corrected chi connectivity index (χ2v) is 8.29. The fourth-order valence-electron chi connectivity index (χ4n) is 2.55. The summed E-state index contributed by atoms with van der Waals surface area (Å²) in [7, 11) is -4.00. The van der Waals surface area contributed by atoms with Crippen LogP contribution in [-0.4, -0.2) is 19.3 Å². The van der Waals surface area contributed by atoms with Crippen LogP contribution in [0, 0.1) is 5.82 Å². The molecule has 9 heteroatoms. The summed E-state index contributed by atoms with van der Waals surface area (Å²) in [6.45, 7) is 1.79. The number of nitrogens with zero attached hydrogens (tertiary/aromatic N) is 1. The number of aromatic nitrogens is 1. The molecular formula is C20H17ClFN3O3S. The Balaban J connectivity index is 1.80. The third-order valence-corrected chi connectivity index (χ3v) is 5.79. The first-order valence-corrected chi connectivity index (χ1v) is 10.4. The van der Waals surface area contributed by atoms with Gasteiger partial charge in [0.05, 0.1) is 27.3 Å². The van der Waals surface area contributed by atoms with Crippen molar-refractivity contribution in [1.29, 1.82) is 0 Å². The standard InChI is InChI=1S/C20H17ClFN3O3S/c1-13(18-4-2-3-11-23-18)24-20(26)14-5-10-17(21)19(12-14)25-29(27,28)16-8-6-15(22)7-9-16/h2-13,25H,1H3,(H,24,26)/t13-/m1/s1. The van der Waals surface area contributed by atoms with E-state index in [9.17, 15) is 17.6 Å². The van der Waals surface area contributed by atoms with Gasteiger partial charge in [0, 0.05) is 11.8 Å². The van der Waals surface area contributed by atoms with E-state index in [0.717, 1.165) is 24.3 Å². The molecule has 0 fully saturated rings. The predicted molar refractivity (Wildman–Crippen MR) is 109 cm³/mol. The van der Waals surface area contributed by atoms with Gasteiger partial charge in [0.25, 0.3) is 15.9 Å². The first kappa shape index (κ1) is 20.8. The van der Waals surface area contributed by atoms with Crippen molar-refractivity contribution in [2.45, 2.75) is 17.9 Å². The van der Waals surface area contributed by atoms with Crippen LogP contribution in [0.15, 0.2) is 71.8 Å². The van der Waals surface area contributed by atoms with Crippen LogP contribution in [0.25, 0.3) is 0 Å². The van der Waals surface area contributed by atoms with Gasteiger partial charge in [-0.2, -0.15) is 0 Å². The highest BCUT2D eigenvalue weighted by molar-refractivity contribution is 7.92. The Morgan fingerprint density at radius 1 is 1.10 bits per heavy atom. The van der Waals surface area contributed by atoms with Gasteiger partial charge in [-0.15, -0.1) is 0 Å². The van der Waals surface area contributed by atoms with Crippen molar-refractivity contribution in [3.63, 3.8) is 0 Å². The maximum atomic E-state index is 13.0. The summed E-state index contributed by atoms with van der Waals surface area (Å²) < 4.78 is 40.4. The molecule has 0 saturated heterocycles. The second kappa shape index (κ2) is 8.59. The first-order chi connectivity index (χ1) is 13.8. The molecule has 0 aliphatic rings. The highest BCUT2D eigenvalue weighted by Gasteiger charge is 2.18. The molecule has 1 amide bonds. The first-order valence-electron chi connectivity index (χ1n) is 8.56. The van der Waals surface area contributed by atoms with Gasteiger partial charge < -0.3 is 5.32 Å². The van der Waals surface area contributed by atoms with Crippen molar-refractivity contribution in [3.05, 3.63) is 89.0 Å². The monoisotopic (exact) mass is 433 g/mol. The van der Waals surface area contributed by atoms with Crippen LogP contribution in [-0.2, 0) is 10.0 Å². The third-order valence-electron chi connectivity index (χ3n) is 4.08. The number of rotatable bonds is 6. The van der Waals surface area contributed by atoms with Crippen LogP contribution >= 0.6 is 11.6 Å². The normalized spacial score (nSPS) is 12.2. The number of carbonyl (C=O) groups excluding carboxylic acids is 1. The molecule has 1 heterocycles. The van der Waals surface area contributed by atoms with Crippen LogP contribution in [0.5, 0.6) is 0 Å². The van der Waals surface area contributed by atoms with Crippen molar-refractivity contribution in [2.24, 2.45) is 0 Å². The van der Waals surface area contributed by atoms with E-state index < -0.39 is 21.7 Å². The summed E-state index contributed by atoms with van der Waals surface area (Å²) in [4.78, 5) is 16.6. The molecule has 1 atom stereocenters. The van der Waals surface area contributed by atoms with Gasteiger partial charge >= 0.3 is 0 Å². The van der Waals surface area contributed by atoms with Crippen molar-refractivity contribution < 1.29 is 17.6 Å². The van der Waals surface area contributed by atoms with Crippen molar-refractivity contribution in [1.82, 2.24) is 10.3 Å². The number of hydrogen-bond donors (Lipinski definition) is 2. The van der Waals surface area contributed by atoms with Gasteiger partial charge in [0.1, 0.15) is 5.82 Å². The molecule has 3 rings (SSSR count). The molecule has 29 heavy (non-hydrogen) atoms. The van der Waals surface area contributed by atoms with Crippen molar-refractivity contribution in [3.8, 4) is 0 Å². The Morgan fingerprint density at radius 3 is 2.48 bits per heavy atom. The molecule has 0 unspecified atom stereocenters. The molecular weight excluding hydrogens is 417 g/mol. The lowest BCUT2D eigenvalue weighted by molar-refractivity contribution is 0.0939. The van der Waals surface area contributed by atoms with Crippen molar-refractivity contribution in [2.75, 3.05) is 4.72 Å². The molecule has 0 spiro atoms. The van der Waals surface area contributed by atoms with Gasteiger partial charge in [-0.25, -0.2) is 12.8 Å². The number of hydrogen-bond acceptors (Lipinski definition) is 4. The number of amides is 1. The van der Waals surface area contributed by atoms with E-state index in [1.807, 2.05) is 6.07 Å². The summed E-state index contributed by atoms with van der Waals surface area (Å²) in [6.07, 6.45) is 1.63. The maximum Gasteiger partial charge on any atom is 0.261 e. The molecule has 3 aromatic rings. The van der Waals surface area contributed by atoms with Crippen molar-refractivity contribution >= 4 is 33.2 Å². The minimum atomic E-state index is -4.00. The second-order valence-electron chi connectivity index (χ2n) is 6.20. The lowest BCUT2D eigenvalue weighted by Crippen LogP contribution is -2.27. The Kier molecular flexibility index (Phi) is 6.14. The molecule has 0 bridgehead atoms. The molecule has 0 aliphatic heterocycles. The van der Waals surface area contributed by atoms with E-state index in [1.165, 1.54) is 18.2 Å². The van der Waals surface area contributed by atoms with E-state index >= 15 is 0 Å². The van der Waals surface area contributed by atoms with Gasteiger partial charge in [-0.05, 0) is 61.5 Å². The Hall–Kier alpha value is -2.97. The number of carbonyl (C=O) groups is 1. The molecule has 2 N–H and O–H groups in total. The summed E-state index contributed by atoms with van der Waals surface area (Å²) in [5.41, 5.74) is 0.940. The highest BCUT2D eigenvalue weighted by atomic mass is 35.5. The number of anilines is 1. The van der Waals surface area contributed by atoms with Crippen LogP contribution in [0.4, 0.5) is 10.1 Å². The topological polar surface area (TPSA) is 88.2 Å². The zero-order valence-corrected chi connectivity index (χ0v) is 16.8. The van der Waals surface area contributed by atoms with Gasteiger partial charge in [0.15, 0.2) is 0 Å². The number of pyridine rings is 1. The summed E-state index contributed by atoms with van der Waals surface area (Å²) >= 11 is 6.09. The molecule has 0 aliphatic carbocycles. The van der Waals surface area contributed by atoms with Crippen LogP contribution < -0.4 is 10.0 Å². The molecule has 0 radical (unpaired) electrons. The van der Waals surface area contributed by atoms with Crippen LogP contribution in [0.1, 0.15) is 29.0 Å². The molecule has 150 valence electrons. The highest BCUT2D eigenvalue weighted by Crippen LogP contribution is 2.26. The number of halogens is 2. The van der Waals surface area contributed by atoms with E-state index in [-0.39, 0.29) is 27.2 Å². The molecule has 2 aromatic carbocycles. The molecule has 0 saturated carbocycles. The zero-order chi connectivity index (χ0) is 21.0. The minimum Gasteiger partial charge on any atom is -0.344 e. The van der Waals surface area contributed by atoms with Gasteiger partial charge in [-0.3, -0.25) is 14.5 Å². The minimum absolute atomic E-state index is 0.0362. The Bertz CT molecular complexity index is 1120. The lowest BCUT2D eigenvalue weighted by Gasteiger charge is -2.15. The van der Waals surface area contributed by atoms with Crippen LogP contribution in [0.3, 0.4) is 0 Å².